The van der Waals surface area contributed by atoms with Gasteiger partial charge in [-0.25, -0.2) is 0 Å². The van der Waals surface area contributed by atoms with Crippen LogP contribution in [-0.4, -0.2) is 37.0 Å². The zero-order valence-corrected chi connectivity index (χ0v) is 16.6. The molecule has 0 aliphatic rings. The lowest BCUT2D eigenvalue weighted by Crippen LogP contribution is -2.34. The highest BCUT2D eigenvalue weighted by Gasteiger charge is 2.15. The molecule has 5 heteroatoms. The van der Waals surface area contributed by atoms with E-state index in [1.807, 2.05) is 31.2 Å². The Kier molecular flexibility index (Phi) is 6.26. The first-order valence-electron chi connectivity index (χ1n) is 9.68. The maximum Gasteiger partial charge on any atom is 0.255 e. The molecule has 3 aromatic rings. The van der Waals surface area contributed by atoms with Gasteiger partial charge in [-0.2, -0.15) is 0 Å². The minimum atomic E-state index is -0.234. The number of para-hydroxylation sites is 1. The van der Waals surface area contributed by atoms with E-state index >= 15 is 0 Å². The molecule has 146 valence electrons. The van der Waals surface area contributed by atoms with Crippen LogP contribution in [0.4, 0.5) is 0 Å². The summed E-state index contributed by atoms with van der Waals surface area (Å²) < 4.78 is 6.03. The molecular weight excluding hydrogens is 352 g/mol. The van der Waals surface area contributed by atoms with Gasteiger partial charge in [0, 0.05) is 24.7 Å². The van der Waals surface area contributed by atoms with E-state index < -0.39 is 0 Å². The first-order valence-corrected chi connectivity index (χ1v) is 9.68. The topological polar surface area (TPSA) is 62.6 Å². The standard InChI is InChI=1S/C23H26N2O3/c1-4-25(5-2)13-12-24-23(27)19-11-7-10-18-20(26)15-21(28-22(18)19)17-9-6-8-16(3)14-17/h6-11,14-15H,4-5,12-13H2,1-3H3,(H,24,27). The normalized spacial score (nSPS) is 11.1. The Hall–Kier alpha value is -2.92. The van der Waals surface area contributed by atoms with Crippen LogP contribution in [0.2, 0.25) is 0 Å². The van der Waals surface area contributed by atoms with Gasteiger partial charge in [0.2, 0.25) is 0 Å². The lowest BCUT2D eigenvalue weighted by molar-refractivity contribution is 0.0949. The molecule has 0 bridgehead atoms. The molecule has 1 aromatic heterocycles. The van der Waals surface area contributed by atoms with Crippen molar-refractivity contribution in [2.75, 3.05) is 26.2 Å². The second-order valence-corrected chi connectivity index (χ2v) is 6.81. The highest BCUT2D eigenvalue weighted by atomic mass is 16.3. The number of fused-ring (bicyclic) bond motifs is 1. The molecule has 0 atom stereocenters. The smallest absolute Gasteiger partial charge is 0.255 e. The van der Waals surface area contributed by atoms with Crippen molar-refractivity contribution in [3.05, 3.63) is 69.9 Å². The summed E-state index contributed by atoms with van der Waals surface area (Å²) in [5.74, 6) is 0.229. The van der Waals surface area contributed by atoms with E-state index in [2.05, 4.69) is 24.1 Å². The van der Waals surface area contributed by atoms with E-state index in [4.69, 9.17) is 4.42 Å². The number of benzene rings is 2. The summed E-state index contributed by atoms with van der Waals surface area (Å²) in [6, 6.07) is 14.3. The summed E-state index contributed by atoms with van der Waals surface area (Å²) >= 11 is 0. The molecule has 1 amide bonds. The van der Waals surface area contributed by atoms with Crippen LogP contribution in [0.3, 0.4) is 0 Å². The number of nitrogens with zero attached hydrogens (tertiary/aromatic N) is 1. The number of likely N-dealkylation sites (N-methyl/N-ethyl adjacent to an activating group) is 1. The number of carbonyl (C=O) groups is 1. The van der Waals surface area contributed by atoms with Crippen molar-refractivity contribution in [1.82, 2.24) is 10.2 Å². The first kappa shape index (κ1) is 19.8. The first-order chi connectivity index (χ1) is 13.5. The maximum atomic E-state index is 12.7. The fourth-order valence-electron chi connectivity index (χ4n) is 3.26. The molecule has 1 heterocycles. The van der Waals surface area contributed by atoms with E-state index in [-0.39, 0.29) is 11.3 Å². The van der Waals surface area contributed by atoms with Gasteiger partial charge in [-0.3, -0.25) is 9.59 Å². The van der Waals surface area contributed by atoms with Crippen LogP contribution < -0.4 is 10.7 Å². The zero-order valence-electron chi connectivity index (χ0n) is 16.6. The maximum absolute atomic E-state index is 12.7. The van der Waals surface area contributed by atoms with Gasteiger partial charge in [0.1, 0.15) is 5.76 Å². The third-order valence-corrected chi connectivity index (χ3v) is 4.91. The van der Waals surface area contributed by atoms with Gasteiger partial charge >= 0.3 is 0 Å². The molecule has 0 aliphatic heterocycles. The van der Waals surface area contributed by atoms with Crippen LogP contribution in [0.1, 0.15) is 29.8 Å². The van der Waals surface area contributed by atoms with E-state index in [0.717, 1.165) is 30.8 Å². The summed E-state index contributed by atoms with van der Waals surface area (Å²) in [5.41, 5.74) is 2.43. The number of rotatable bonds is 7. The van der Waals surface area contributed by atoms with Gasteiger partial charge in [0.05, 0.1) is 10.9 Å². The molecule has 0 saturated carbocycles. The van der Waals surface area contributed by atoms with Crippen LogP contribution >= 0.6 is 0 Å². The van der Waals surface area contributed by atoms with Crippen molar-refractivity contribution in [1.29, 1.82) is 0 Å². The van der Waals surface area contributed by atoms with Crippen LogP contribution in [0.15, 0.2) is 57.7 Å². The van der Waals surface area contributed by atoms with E-state index in [1.54, 1.807) is 18.2 Å². The monoisotopic (exact) mass is 378 g/mol. The molecule has 2 aromatic carbocycles. The number of hydrogen-bond acceptors (Lipinski definition) is 4. The molecule has 3 rings (SSSR count). The van der Waals surface area contributed by atoms with Gasteiger partial charge < -0.3 is 14.6 Å². The molecule has 0 spiro atoms. The van der Waals surface area contributed by atoms with Gasteiger partial charge in [-0.1, -0.05) is 43.7 Å². The molecule has 0 saturated heterocycles. The molecule has 1 N–H and O–H groups in total. The van der Waals surface area contributed by atoms with Gasteiger partial charge in [-0.05, 0) is 38.2 Å². The van der Waals surface area contributed by atoms with Crippen molar-refractivity contribution in [2.45, 2.75) is 20.8 Å². The van der Waals surface area contributed by atoms with Crippen molar-refractivity contribution in [3.8, 4) is 11.3 Å². The van der Waals surface area contributed by atoms with Crippen molar-refractivity contribution < 1.29 is 9.21 Å². The predicted octanol–water partition coefficient (Wildman–Crippen LogP) is 3.84. The van der Waals surface area contributed by atoms with Crippen LogP contribution in [-0.2, 0) is 0 Å². The van der Waals surface area contributed by atoms with Crippen LogP contribution in [0.5, 0.6) is 0 Å². The second-order valence-electron chi connectivity index (χ2n) is 6.81. The lowest BCUT2D eigenvalue weighted by atomic mass is 10.1. The summed E-state index contributed by atoms with van der Waals surface area (Å²) in [7, 11) is 0. The summed E-state index contributed by atoms with van der Waals surface area (Å²) in [6.45, 7) is 9.37. The second kappa shape index (κ2) is 8.85. The third kappa shape index (κ3) is 4.31. The Balaban J connectivity index is 1.94. The Morgan fingerprint density at radius 3 is 2.54 bits per heavy atom. The van der Waals surface area contributed by atoms with E-state index in [0.29, 0.717) is 28.8 Å². The van der Waals surface area contributed by atoms with Crippen molar-refractivity contribution in [2.24, 2.45) is 0 Å². The number of amides is 1. The molecule has 0 unspecified atom stereocenters. The van der Waals surface area contributed by atoms with Crippen molar-refractivity contribution in [3.63, 3.8) is 0 Å². The molecule has 28 heavy (non-hydrogen) atoms. The minimum absolute atomic E-state index is 0.157. The molecule has 5 nitrogen and oxygen atoms in total. The minimum Gasteiger partial charge on any atom is -0.455 e. The molecule has 0 aliphatic carbocycles. The van der Waals surface area contributed by atoms with Gasteiger partial charge in [-0.15, -0.1) is 0 Å². The third-order valence-electron chi connectivity index (χ3n) is 4.91. The van der Waals surface area contributed by atoms with Gasteiger partial charge in [0.25, 0.3) is 5.91 Å². The van der Waals surface area contributed by atoms with E-state index in [9.17, 15) is 9.59 Å². The van der Waals surface area contributed by atoms with Crippen LogP contribution in [0.25, 0.3) is 22.3 Å². The lowest BCUT2D eigenvalue weighted by Gasteiger charge is -2.18. The van der Waals surface area contributed by atoms with Gasteiger partial charge in [0.15, 0.2) is 11.0 Å². The fourth-order valence-corrected chi connectivity index (χ4v) is 3.26. The quantitative estimate of drug-likeness (QED) is 0.678. The number of aryl methyl sites for hydroxylation is 1. The summed E-state index contributed by atoms with van der Waals surface area (Å²) in [6.07, 6.45) is 0. The van der Waals surface area contributed by atoms with Crippen molar-refractivity contribution >= 4 is 16.9 Å². The average Bonchev–Trinajstić information content (AvgIpc) is 2.70. The van der Waals surface area contributed by atoms with Crippen LogP contribution in [0, 0.1) is 6.92 Å². The summed E-state index contributed by atoms with van der Waals surface area (Å²) in [5, 5.41) is 3.35. The molecule has 0 radical (unpaired) electrons. The Morgan fingerprint density at radius 2 is 1.82 bits per heavy atom. The molecule has 0 fully saturated rings. The Morgan fingerprint density at radius 1 is 1.07 bits per heavy atom. The molecular formula is C23H26N2O3. The Bertz CT molecular complexity index is 1040. The number of carbonyl (C=O) groups excluding carboxylic acids is 1. The highest BCUT2D eigenvalue weighted by molar-refractivity contribution is 6.04. The predicted molar refractivity (Wildman–Crippen MR) is 113 cm³/mol. The number of hydrogen-bond donors (Lipinski definition) is 1. The van der Waals surface area contributed by atoms with E-state index in [1.165, 1.54) is 6.07 Å². The largest absolute Gasteiger partial charge is 0.455 e. The number of nitrogens with one attached hydrogen (secondary N) is 1. The average molecular weight is 378 g/mol. The fraction of sp³-hybridized carbons (Fsp3) is 0.304. The summed E-state index contributed by atoms with van der Waals surface area (Å²) in [4.78, 5) is 27.6. The highest BCUT2D eigenvalue weighted by Crippen LogP contribution is 2.25. The SMILES string of the molecule is CCN(CC)CCNC(=O)c1cccc2c(=O)cc(-c3cccc(C)c3)oc12. The Labute approximate surface area is 165 Å². The zero-order chi connectivity index (χ0) is 20.1.